The van der Waals surface area contributed by atoms with Crippen LogP contribution in [-0.4, -0.2) is 103 Å². The van der Waals surface area contributed by atoms with E-state index in [1.165, 1.54) is 46.4 Å². The normalized spacial score (nSPS) is 27.3. The lowest BCUT2D eigenvalue weighted by Gasteiger charge is -2.68. The SMILES string of the molecule is COC(=O)C12CC(NC(=O)[C@H](CCCN3Cc4c(cc(O)c5c4O[C@](C)(CC/C=C(\C)CCC=C(C)C)[C@@H](O)C5)C3=O)N3Cc4c(cc(O)c5c4O[C@](C)(CC/C=C(\C)CCC=C(C)C)[C@@H](O)C5)C3=O)(C1)C2. The van der Waals surface area contributed by atoms with Crippen LogP contribution in [0.2, 0.25) is 0 Å². The molecule has 0 saturated heterocycles. The van der Waals surface area contributed by atoms with Gasteiger partial charge < -0.3 is 49.8 Å². The van der Waals surface area contributed by atoms with E-state index in [2.05, 4.69) is 71.2 Å². The number of hydrogen-bond donors (Lipinski definition) is 5. The second-order valence-electron chi connectivity index (χ2n) is 22.9. The van der Waals surface area contributed by atoms with Crippen LogP contribution in [0, 0.1) is 5.41 Å². The molecule has 72 heavy (non-hydrogen) atoms. The van der Waals surface area contributed by atoms with Gasteiger partial charge in [0.05, 0.1) is 48.9 Å². The fourth-order valence-electron chi connectivity index (χ4n) is 12.1. The molecule has 0 unspecified atom stereocenters. The van der Waals surface area contributed by atoms with Gasteiger partial charge in [-0.1, -0.05) is 46.6 Å². The van der Waals surface area contributed by atoms with Gasteiger partial charge >= 0.3 is 5.97 Å². The number of carbonyl (C=O) groups is 4. The quantitative estimate of drug-likeness (QED) is 0.0627. The van der Waals surface area contributed by atoms with Crippen LogP contribution in [0.1, 0.15) is 182 Å². The molecule has 14 nitrogen and oxygen atoms in total. The maximum atomic E-state index is 14.6. The second-order valence-corrected chi connectivity index (χ2v) is 22.9. The lowest BCUT2D eigenvalue weighted by atomic mass is 9.39. The third-order valence-electron chi connectivity index (χ3n) is 16.6. The van der Waals surface area contributed by atoms with E-state index in [9.17, 15) is 39.6 Å². The molecule has 7 aliphatic rings. The van der Waals surface area contributed by atoms with Gasteiger partial charge in [-0.2, -0.15) is 0 Å². The van der Waals surface area contributed by atoms with Gasteiger partial charge in [-0.3, -0.25) is 19.2 Å². The molecule has 3 saturated carbocycles. The molecule has 390 valence electrons. The summed E-state index contributed by atoms with van der Waals surface area (Å²) in [6.07, 6.45) is 15.3. The van der Waals surface area contributed by atoms with Crippen molar-refractivity contribution >= 4 is 23.7 Å². The highest BCUT2D eigenvalue weighted by Gasteiger charge is 2.73. The highest BCUT2D eigenvalue weighted by atomic mass is 16.5. The molecule has 2 aromatic carbocycles. The zero-order valence-electron chi connectivity index (χ0n) is 44.0. The van der Waals surface area contributed by atoms with Crippen LogP contribution >= 0.6 is 0 Å². The smallest absolute Gasteiger partial charge is 0.312 e. The van der Waals surface area contributed by atoms with Crippen molar-refractivity contribution in [2.24, 2.45) is 5.41 Å². The molecule has 0 radical (unpaired) electrons. The first-order valence-corrected chi connectivity index (χ1v) is 26.1. The Morgan fingerprint density at radius 1 is 0.736 bits per heavy atom. The number of aliphatic hydroxyl groups is 2. The number of aliphatic hydroxyl groups excluding tert-OH is 2. The number of aromatic hydroxyl groups is 2. The molecule has 4 heterocycles. The molecule has 0 spiro atoms. The lowest BCUT2D eigenvalue weighted by molar-refractivity contribution is -0.203. The Morgan fingerprint density at radius 2 is 1.22 bits per heavy atom. The molecule has 5 atom stereocenters. The number of carbonyl (C=O) groups excluding carboxylic acids is 4. The summed E-state index contributed by atoms with van der Waals surface area (Å²) >= 11 is 0. The first-order valence-electron chi connectivity index (χ1n) is 26.1. The van der Waals surface area contributed by atoms with E-state index >= 15 is 0 Å². The number of nitrogens with one attached hydrogen (secondary N) is 1. The third kappa shape index (κ3) is 10.2. The van der Waals surface area contributed by atoms with Gasteiger partial charge in [0.25, 0.3) is 11.8 Å². The van der Waals surface area contributed by atoms with E-state index < -0.39 is 46.3 Å². The highest BCUT2D eigenvalue weighted by Crippen LogP contribution is 2.67. The van der Waals surface area contributed by atoms with Crippen molar-refractivity contribution in [2.75, 3.05) is 13.7 Å². The van der Waals surface area contributed by atoms with Crippen molar-refractivity contribution in [2.45, 2.75) is 200 Å². The van der Waals surface area contributed by atoms with Gasteiger partial charge in [0.2, 0.25) is 5.91 Å². The van der Waals surface area contributed by atoms with Gasteiger partial charge in [0, 0.05) is 47.2 Å². The number of benzene rings is 2. The van der Waals surface area contributed by atoms with Crippen molar-refractivity contribution in [1.29, 1.82) is 0 Å². The zero-order valence-corrected chi connectivity index (χ0v) is 44.0. The fourth-order valence-corrected chi connectivity index (χ4v) is 12.1. The summed E-state index contributed by atoms with van der Waals surface area (Å²) < 4.78 is 18.4. The molecular weight excluding hydrogens is 915 g/mol. The summed E-state index contributed by atoms with van der Waals surface area (Å²) in [5.74, 6) is -0.879. The molecule has 0 aromatic heterocycles. The Balaban J connectivity index is 0.983. The number of phenolic OH excluding ortho intramolecular Hbond substituents is 2. The van der Waals surface area contributed by atoms with Gasteiger partial charge in [-0.25, -0.2) is 0 Å². The molecule has 5 N–H and O–H groups in total. The van der Waals surface area contributed by atoms with Crippen molar-refractivity contribution in [1.82, 2.24) is 15.1 Å². The van der Waals surface area contributed by atoms with Gasteiger partial charge in [0.15, 0.2) is 0 Å². The summed E-state index contributed by atoms with van der Waals surface area (Å²) in [4.78, 5) is 59.1. The van der Waals surface area contributed by atoms with Crippen LogP contribution < -0.4 is 14.8 Å². The van der Waals surface area contributed by atoms with Crippen LogP contribution in [-0.2, 0) is 40.3 Å². The van der Waals surface area contributed by atoms with Crippen LogP contribution in [0.4, 0.5) is 0 Å². The van der Waals surface area contributed by atoms with E-state index in [-0.39, 0.29) is 73.7 Å². The Morgan fingerprint density at radius 3 is 1.71 bits per heavy atom. The largest absolute Gasteiger partial charge is 0.508 e. The predicted octanol–water partition coefficient (Wildman–Crippen LogP) is 9.13. The van der Waals surface area contributed by atoms with Gasteiger partial charge in [0.1, 0.15) is 40.2 Å². The predicted molar refractivity (Wildman–Crippen MR) is 274 cm³/mol. The van der Waals surface area contributed by atoms with E-state index in [4.69, 9.17) is 14.2 Å². The number of nitrogens with zero attached hydrogens (tertiary/aromatic N) is 2. The fraction of sp³-hybridized carbons (Fsp3) is 0.586. The minimum atomic E-state index is -1.01. The molecule has 3 amide bonds. The number of rotatable bonds is 20. The first-order chi connectivity index (χ1) is 34.0. The number of amides is 3. The topological polar surface area (TPSA) is 195 Å². The first kappa shape index (κ1) is 52.7. The highest BCUT2D eigenvalue weighted by molar-refractivity contribution is 6.03. The summed E-state index contributed by atoms with van der Waals surface area (Å²) in [6, 6.07) is 1.89. The van der Waals surface area contributed by atoms with Crippen LogP contribution in [0.3, 0.4) is 0 Å². The summed E-state index contributed by atoms with van der Waals surface area (Å²) in [6.45, 7) is 16.8. The molecule has 14 heteroatoms. The standard InChI is InChI=1S/C58H77N3O11/c1-34(2)15-10-17-36(5)19-12-22-55(7)47(64)27-40-45(62)25-38-42(49(40)71-55)29-60(52(38)67)24-14-21-44(51(66)59-58-31-57(32-58,33-58)54(69)70-9)61-30-43-39(53(61)68)26-46(63)41-28-48(65)56(8,72-50(41)43)23-13-20-37(6)18-11-16-35(3)4/h15-16,19-20,25-26,44,47-48,62-65H,10-14,17-18,21-24,27-33H2,1-9H3,(H,59,66)/b36-19+,37-20+/t44-,47-,48-,55+,56+,57?,58?/m0/s1. The Labute approximate surface area is 425 Å². The minimum absolute atomic E-state index is 0.0240. The maximum absolute atomic E-state index is 14.6. The second kappa shape index (κ2) is 20.4. The Hall–Kier alpha value is -5.60. The number of fused-ring (bicyclic) bond motifs is 6. The van der Waals surface area contributed by atoms with Crippen LogP contribution in [0.5, 0.6) is 23.0 Å². The van der Waals surface area contributed by atoms with E-state index in [1.54, 1.807) is 4.90 Å². The van der Waals surface area contributed by atoms with Crippen molar-refractivity contribution in [3.63, 3.8) is 0 Å². The summed E-state index contributed by atoms with van der Waals surface area (Å²) in [5.41, 5.74) is 4.53. The lowest BCUT2D eigenvalue weighted by Crippen LogP contribution is -2.78. The van der Waals surface area contributed by atoms with E-state index in [0.717, 1.165) is 25.7 Å². The van der Waals surface area contributed by atoms with Crippen LogP contribution in [0.25, 0.3) is 0 Å². The molecular formula is C58H77N3O11. The zero-order chi connectivity index (χ0) is 52.1. The molecule has 3 aliphatic carbocycles. The van der Waals surface area contributed by atoms with Crippen molar-refractivity contribution in [3.05, 3.63) is 92.1 Å². The van der Waals surface area contributed by atoms with Gasteiger partial charge in [-0.15, -0.1) is 0 Å². The molecule has 2 bridgehead atoms. The number of esters is 1. The number of ether oxygens (including phenoxy) is 3. The average molecular weight is 992 g/mol. The number of allylic oxidation sites excluding steroid dienone is 8. The monoisotopic (exact) mass is 992 g/mol. The summed E-state index contributed by atoms with van der Waals surface area (Å²) in [5, 5.41) is 48.6. The van der Waals surface area contributed by atoms with E-state index in [1.807, 2.05) is 13.8 Å². The van der Waals surface area contributed by atoms with Crippen molar-refractivity contribution in [3.8, 4) is 23.0 Å². The molecule has 3 fully saturated rings. The molecule has 9 rings (SSSR count). The minimum Gasteiger partial charge on any atom is -0.508 e. The Bertz CT molecular complexity index is 2620. The van der Waals surface area contributed by atoms with Gasteiger partial charge in [-0.05, 0) is 151 Å². The van der Waals surface area contributed by atoms with Crippen molar-refractivity contribution < 1.29 is 53.8 Å². The third-order valence-corrected chi connectivity index (χ3v) is 16.6. The Kier molecular flexibility index (Phi) is 14.9. The molecule has 4 aliphatic heterocycles. The number of hydrogen-bond acceptors (Lipinski definition) is 11. The van der Waals surface area contributed by atoms with Crippen LogP contribution in [0.15, 0.2) is 58.7 Å². The number of phenols is 2. The number of methoxy groups -OCH3 is 1. The molecule has 2 aromatic rings. The van der Waals surface area contributed by atoms with E-state index in [0.29, 0.717) is 90.7 Å². The average Bonchev–Trinajstić information content (AvgIpc) is 3.78. The maximum Gasteiger partial charge on any atom is 0.312 e. The summed E-state index contributed by atoms with van der Waals surface area (Å²) in [7, 11) is 1.36.